The van der Waals surface area contributed by atoms with Crippen molar-refractivity contribution in [2.45, 2.75) is 40.7 Å². The zero-order valence-electron chi connectivity index (χ0n) is 15.7. The van der Waals surface area contributed by atoms with Crippen LogP contribution in [-0.4, -0.2) is 20.8 Å². The van der Waals surface area contributed by atoms with E-state index < -0.39 is 0 Å². The summed E-state index contributed by atoms with van der Waals surface area (Å²) in [5, 5.41) is 19.1. The normalized spacial score (nSPS) is 11.3. The van der Waals surface area contributed by atoms with E-state index in [4.69, 9.17) is 0 Å². The van der Waals surface area contributed by atoms with Crippen LogP contribution in [0.2, 0.25) is 0 Å². The number of phenolic OH excluding ortho intramolecular Hbond substituents is 1. The Labute approximate surface area is 153 Å². The smallest absolute Gasteiger partial charge is 0.228 e. The first-order chi connectivity index (χ1) is 12.4. The van der Waals surface area contributed by atoms with Crippen molar-refractivity contribution in [1.82, 2.24) is 9.78 Å². The second-order valence-electron chi connectivity index (χ2n) is 7.13. The van der Waals surface area contributed by atoms with Crippen LogP contribution in [0.15, 0.2) is 36.4 Å². The van der Waals surface area contributed by atoms with Gasteiger partial charge in [-0.3, -0.25) is 9.48 Å². The number of anilines is 1. The SMILES string of the molecule is Cc1nn(CC(C)C)c(C)c1CC(=O)Nc1ccc(O)c2ccccc12. The number of nitrogens with one attached hydrogen (secondary N) is 1. The predicted molar refractivity (Wildman–Crippen MR) is 104 cm³/mol. The van der Waals surface area contributed by atoms with Crippen LogP contribution in [0.25, 0.3) is 10.8 Å². The molecular formula is C21H25N3O2. The van der Waals surface area contributed by atoms with E-state index in [1.165, 1.54) is 0 Å². The number of aromatic nitrogens is 2. The number of nitrogens with zero attached hydrogens (tertiary/aromatic N) is 2. The molecule has 0 saturated carbocycles. The van der Waals surface area contributed by atoms with Crippen LogP contribution in [-0.2, 0) is 17.8 Å². The van der Waals surface area contributed by atoms with E-state index in [-0.39, 0.29) is 18.1 Å². The molecule has 5 heteroatoms. The Balaban J connectivity index is 1.82. The standard InChI is InChI=1S/C21H25N3O2/c1-13(2)12-24-15(4)18(14(3)23-24)11-21(26)22-19-9-10-20(25)17-8-6-5-7-16(17)19/h5-10,13,25H,11-12H2,1-4H3,(H,22,26). The van der Waals surface area contributed by atoms with Gasteiger partial charge in [-0.25, -0.2) is 0 Å². The molecule has 3 rings (SSSR count). The van der Waals surface area contributed by atoms with Gasteiger partial charge in [0.1, 0.15) is 5.75 Å². The Hall–Kier alpha value is -2.82. The molecule has 1 aromatic heterocycles. The first kappa shape index (κ1) is 18.0. The van der Waals surface area contributed by atoms with E-state index in [0.29, 0.717) is 11.6 Å². The molecule has 0 saturated heterocycles. The summed E-state index contributed by atoms with van der Waals surface area (Å²) in [4.78, 5) is 12.6. The number of hydrogen-bond acceptors (Lipinski definition) is 3. The molecule has 1 heterocycles. The van der Waals surface area contributed by atoms with Crippen molar-refractivity contribution >= 4 is 22.4 Å². The largest absolute Gasteiger partial charge is 0.507 e. The molecule has 0 aliphatic carbocycles. The fourth-order valence-corrected chi connectivity index (χ4v) is 3.26. The van der Waals surface area contributed by atoms with Crippen molar-refractivity contribution in [1.29, 1.82) is 0 Å². The summed E-state index contributed by atoms with van der Waals surface area (Å²) in [5.74, 6) is 0.620. The van der Waals surface area contributed by atoms with Crippen molar-refractivity contribution in [2.75, 3.05) is 5.32 Å². The highest BCUT2D eigenvalue weighted by molar-refractivity contribution is 6.04. The van der Waals surface area contributed by atoms with Crippen molar-refractivity contribution < 1.29 is 9.90 Å². The minimum absolute atomic E-state index is 0.0869. The number of phenols is 1. The highest BCUT2D eigenvalue weighted by Crippen LogP contribution is 2.30. The number of hydrogen-bond donors (Lipinski definition) is 2. The van der Waals surface area contributed by atoms with E-state index in [1.54, 1.807) is 12.1 Å². The van der Waals surface area contributed by atoms with E-state index >= 15 is 0 Å². The monoisotopic (exact) mass is 351 g/mol. The maximum atomic E-state index is 12.6. The molecule has 1 amide bonds. The molecule has 0 aliphatic rings. The minimum atomic E-state index is -0.0869. The zero-order chi connectivity index (χ0) is 18.8. The van der Waals surface area contributed by atoms with Crippen LogP contribution in [0.5, 0.6) is 5.75 Å². The van der Waals surface area contributed by atoms with Gasteiger partial charge in [-0.2, -0.15) is 5.10 Å². The lowest BCUT2D eigenvalue weighted by Crippen LogP contribution is -2.16. The topological polar surface area (TPSA) is 67.2 Å². The lowest BCUT2D eigenvalue weighted by atomic mass is 10.1. The van der Waals surface area contributed by atoms with Gasteiger partial charge < -0.3 is 10.4 Å². The molecule has 5 nitrogen and oxygen atoms in total. The molecule has 2 aromatic carbocycles. The fourth-order valence-electron chi connectivity index (χ4n) is 3.26. The number of carbonyl (C=O) groups is 1. The molecule has 0 radical (unpaired) electrons. The number of fused-ring (bicyclic) bond motifs is 1. The minimum Gasteiger partial charge on any atom is -0.507 e. The molecule has 0 spiro atoms. The third-order valence-corrected chi connectivity index (χ3v) is 4.58. The van der Waals surface area contributed by atoms with Gasteiger partial charge in [-0.1, -0.05) is 38.1 Å². The van der Waals surface area contributed by atoms with Gasteiger partial charge in [0.25, 0.3) is 0 Å². The molecule has 26 heavy (non-hydrogen) atoms. The van der Waals surface area contributed by atoms with Crippen LogP contribution in [0.1, 0.15) is 30.8 Å². The highest BCUT2D eigenvalue weighted by atomic mass is 16.3. The lowest BCUT2D eigenvalue weighted by Gasteiger charge is -2.11. The second-order valence-corrected chi connectivity index (χ2v) is 7.13. The average molecular weight is 351 g/mol. The summed E-state index contributed by atoms with van der Waals surface area (Å²) in [5.41, 5.74) is 3.62. The van der Waals surface area contributed by atoms with Crippen molar-refractivity contribution in [3.05, 3.63) is 53.3 Å². The first-order valence-electron chi connectivity index (χ1n) is 8.90. The third-order valence-electron chi connectivity index (χ3n) is 4.58. The van der Waals surface area contributed by atoms with Gasteiger partial charge in [-0.15, -0.1) is 0 Å². The molecule has 2 N–H and O–H groups in total. The molecular weight excluding hydrogens is 326 g/mol. The number of aromatic hydroxyl groups is 1. The van der Waals surface area contributed by atoms with E-state index in [2.05, 4.69) is 24.3 Å². The molecule has 0 bridgehead atoms. The van der Waals surface area contributed by atoms with Crippen LogP contribution in [0.3, 0.4) is 0 Å². The molecule has 136 valence electrons. The first-order valence-corrected chi connectivity index (χ1v) is 8.90. The Bertz CT molecular complexity index is 957. The van der Waals surface area contributed by atoms with Crippen LogP contribution in [0.4, 0.5) is 5.69 Å². The number of rotatable bonds is 5. The molecule has 0 unspecified atom stereocenters. The fraction of sp³-hybridized carbons (Fsp3) is 0.333. The second kappa shape index (κ2) is 7.20. The Morgan fingerprint density at radius 1 is 1.15 bits per heavy atom. The third kappa shape index (κ3) is 3.57. The molecule has 0 aliphatic heterocycles. The Morgan fingerprint density at radius 2 is 1.85 bits per heavy atom. The van der Waals surface area contributed by atoms with Gasteiger partial charge in [0.15, 0.2) is 0 Å². The van der Waals surface area contributed by atoms with Gasteiger partial charge in [0.2, 0.25) is 5.91 Å². The van der Waals surface area contributed by atoms with Gasteiger partial charge in [0, 0.05) is 34.3 Å². The van der Waals surface area contributed by atoms with Crippen molar-refractivity contribution in [3.8, 4) is 5.75 Å². The van der Waals surface area contributed by atoms with Gasteiger partial charge in [-0.05, 0) is 31.9 Å². The van der Waals surface area contributed by atoms with Gasteiger partial charge in [0.05, 0.1) is 12.1 Å². The highest BCUT2D eigenvalue weighted by Gasteiger charge is 2.16. The van der Waals surface area contributed by atoms with Crippen molar-refractivity contribution in [3.63, 3.8) is 0 Å². The van der Waals surface area contributed by atoms with Crippen LogP contribution >= 0.6 is 0 Å². The van der Waals surface area contributed by atoms with Crippen LogP contribution in [0, 0.1) is 19.8 Å². The van der Waals surface area contributed by atoms with Crippen molar-refractivity contribution in [2.24, 2.45) is 5.92 Å². The summed E-state index contributed by atoms with van der Waals surface area (Å²) in [6.07, 6.45) is 0.283. The summed E-state index contributed by atoms with van der Waals surface area (Å²) < 4.78 is 1.98. The average Bonchev–Trinajstić information content (AvgIpc) is 2.84. The lowest BCUT2D eigenvalue weighted by molar-refractivity contribution is -0.115. The summed E-state index contributed by atoms with van der Waals surface area (Å²) in [6, 6.07) is 10.8. The number of benzene rings is 2. The number of carbonyl (C=O) groups excluding carboxylic acids is 1. The molecule has 0 atom stereocenters. The quantitative estimate of drug-likeness (QED) is 0.677. The number of amides is 1. The zero-order valence-corrected chi connectivity index (χ0v) is 15.7. The molecule has 3 aromatic rings. The Kier molecular flexibility index (Phi) is 4.98. The predicted octanol–water partition coefficient (Wildman–Crippen LogP) is 4.20. The maximum Gasteiger partial charge on any atom is 0.228 e. The van der Waals surface area contributed by atoms with Crippen LogP contribution < -0.4 is 5.32 Å². The maximum absolute atomic E-state index is 12.6. The van der Waals surface area contributed by atoms with E-state index in [9.17, 15) is 9.90 Å². The number of aryl methyl sites for hydroxylation is 1. The van der Waals surface area contributed by atoms with E-state index in [0.717, 1.165) is 34.3 Å². The van der Waals surface area contributed by atoms with Gasteiger partial charge >= 0.3 is 0 Å². The molecule has 0 fully saturated rings. The summed E-state index contributed by atoms with van der Waals surface area (Å²) in [6.45, 7) is 9.11. The Morgan fingerprint density at radius 3 is 2.54 bits per heavy atom. The van der Waals surface area contributed by atoms with E-state index in [1.807, 2.05) is 42.8 Å². The summed E-state index contributed by atoms with van der Waals surface area (Å²) >= 11 is 0. The summed E-state index contributed by atoms with van der Waals surface area (Å²) in [7, 11) is 0.